The van der Waals surface area contributed by atoms with E-state index < -0.39 is 0 Å². The molecular weight excluding hydrogens is 412 g/mol. The van der Waals surface area contributed by atoms with Crippen LogP contribution in [0.5, 0.6) is 0 Å². The summed E-state index contributed by atoms with van der Waals surface area (Å²) in [7, 11) is 0. The SMILES string of the molecule is Cc1ccc(-n2nc(N3CCCN(C(=O)c4ccc(C(C)(C)C)cc4)CC3)ccc2=O)cc1. The van der Waals surface area contributed by atoms with Crippen LogP contribution in [-0.2, 0) is 5.41 Å². The van der Waals surface area contributed by atoms with Gasteiger partial charge in [-0.2, -0.15) is 4.68 Å². The molecule has 1 saturated heterocycles. The molecule has 4 rings (SSSR count). The Morgan fingerprint density at radius 1 is 0.848 bits per heavy atom. The van der Waals surface area contributed by atoms with Crippen molar-refractivity contribution in [3.8, 4) is 5.69 Å². The predicted octanol–water partition coefficient (Wildman–Crippen LogP) is 4.19. The first-order chi connectivity index (χ1) is 15.7. The fraction of sp³-hybridized carbons (Fsp3) is 0.370. The fourth-order valence-corrected chi connectivity index (χ4v) is 4.09. The molecule has 2 heterocycles. The van der Waals surface area contributed by atoms with Crippen molar-refractivity contribution in [2.24, 2.45) is 0 Å². The van der Waals surface area contributed by atoms with Crippen molar-refractivity contribution in [2.75, 3.05) is 31.1 Å². The number of aryl methyl sites for hydroxylation is 1. The Hall–Kier alpha value is -3.41. The van der Waals surface area contributed by atoms with E-state index in [1.807, 2.05) is 48.2 Å². The largest absolute Gasteiger partial charge is 0.353 e. The lowest BCUT2D eigenvalue weighted by molar-refractivity contribution is 0.0767. The summed E-state index contributed by atoms with van der Waals surface area (Å²) in [6, 6.07) is 19.1. The standard InChI is InChI=1S/C27H32N4O2/c1-20-6-12-23(13-7-20)31-25(32)15-14-24(28-31)29-16-5-17-30(19-18-29)26(33)21-8-10-22(11-9-21)27(2,3)4/h6-15H,5,16-19H2,1-4H3. The van der Waals surface area contributed by atoms with E-state index in [4.69, 9.17) is 0 Å². The minimum Gasteiger partial charge on any atom is -0.353 e. The molecule has 1 aromatic heterocycles. The van der Waals surface area contributed by atoms with Gasteiger partial charge in [0.15, 0.2) is 0 Å². The number of rotatable bonds is 3. The highest BCUT2D eigenvalue weighted by atomic mass is 16.2. The molecule has 33 heavy (non-hydrogen) atoms. The van der Waals surface area contributed by atoms with Crippen LogP contribution in [0.25, 0.3) is 5.69 Å². The van der Waals surface area contributed by atoms with Crippen molar-refractivity contribution in [3.63, 3.8) is 0 Å². The van der Waals surface area contributed by atoms with E-state index in [1.54, 1.807) is 12.1 Å². The Morgan fingerprint density at radius 2 is 1.55 bits per heavy atom. The summed E-state index contributed by atoms with van der Waals surface area (Å²) >= 11 is 0. The van der Waals surface area contributed by atoms with Gasteiger partial charge in [-0.05, 0) is 54.7 Å². The number of amides is 1. The minimum absolute atomic E-state index is 0.0623. The number of benzene rings is 2. The van der Waals surface area contributed by atoms with E-state index in [-0.39, 0.29) is 16.9 Å². The first kappa shape index (κ1) is 22.8. The van der Waals surface area contributed by atoms with Gasteiger partial charge in [0.25, 0.3) is 11.5 Å². The highest BCUT2D eigenvalue weighted by Crippen LogP contribution is 2.23. The number of hydrogen-bond donors (Lipinski definition) is 0. The number of anilines is 1. The van der Waals surface area contributed by atoms with Crippen LogP contribution < -0.4 is 10.5 Å². The summed E-state index contributed by atoms with van der Waals surface area (Å²) in [5.74, 6) is 0.814. The summed E-state index contributed by atoms with van der Waals surface area (Å²) in [5, 5.41) is 4.62. The quantitative estimate of drug-likeness (QED) is 0.608. The molecule has 1 amide bonds. The van der Waals surface area contributed by atoms with Gasteiger partial charge in [-0.25, -0.2) is 0 Å². The molecule has 1 aliphatic heterocycles. The minimum atomic E-state index is -0.159. The third-order valence-electron chi connectivity index (χ3n) is 6.17. The fourth-order valence-electron chi connectivity index (χ4n) is 4.09. The third-order valence-corrected chi connectivity index (χ3v) is 6.17. The van der Waals surface area contributed by atoms with Crippen molar-refractivity contribution in [2.45, 2.75) is 39.5 Å². The zero-order valence-corrected chi connectivity index (χ0v) is 19.9. The molecular formula is C27H32N4O2. The Kier molecular flexibility index (Phi) is 6.36. The van der Waals surface area contributed by atoms with E-state index >= 15 is 0 Å². The molecule has 6 nitrogen and oxygen atoms in total. The summed E-state index contributed by atoms with van der Waals surface area (Å²) < 4.78 is 1.44. The van der Waals surface area contributed by atoms with E-state index in [1.165, 1.54) is 10.2 Å². The summed E-state index contributed by atoms with van der Waals surface area (Å²) in [6.45, 7) is 11.3. The number of carbonyl (C=O) groups excluding carboxylic acids is 1. The van der Waals surface area contributed by atoms with Crippen LogP contribution in [0.15, 0.2) is 65.5 Å². The Balaban J connectivity index is 1.48. The number of aromatic nitrogens is 2. The smallest absolute Gasteiger partial charge is 0.271 e. The maximum Gasteiger partial charge on any atom is 0.271 e. The number of nitrogens with zero attached hydrogens (tertiary/aromatic N) is 4. The molecule has 0 aliphatic carbocycles. The van der Waals surface area contributed by atoms with Crippen LogP contribution in [0.1, 0.15) is 48.7 Å². The maximum absolute atomic E-state index is 13.1. The van der Waals surface area contributed by atoms with Crippen LogP contribution in [0.2, 0.25) is 0 Å². The maximum atomic E-state index is 13.1. The van der Waals surface area contributed by atoms with Gasteiger partial charge in [-0.1, -0.05) is 50.6 Å². The van der Waals surface area contributed by atoms with E-state index in [0.717, 1.165) is 35.6 Å². The van der Waals surface area contributed by atoms with Gasteiger partial charge in [-0.15, -0.1) is 5.10 Å². The second kappa shape index (κ2) is 9.22. The monoisotopic (exact) mass is 444 g/mol. The van der Waals surface area contributed by atoms with Crippen molar-refractivity contribution >= 4 is 11.7 Å². The summed E-state index contributed by atoms with van der Waals surface area (Å²) in [6.07, 6.45) is 0.844. The van der Waals surface area contributed by atoms with Crippen molar-refractivity contribution < 1.29 is 4.79 Å². The molecule has 172 valence electrons. The number of carbonyl (C=O) groups is 1. The van der Waals surface area contributed by atoms with E-state index in [2.05, 4.69) is 42.9 Å². The average molecular weight is 445 g/mol. The van der Waals surface area contributed by atoms with Crippen LogP contribution in [0.3, 0.4) is 0 Å². The first-order valence-electron chi connectivity index (χ1n) is 11.5. The highest BCUT2D eigenvalue weighted by Gasteiger charge is 2.22. The van der Waals surface area contributed by atoms with Crippen molar-refractivity contribution in [1.82, 2.24) is 14.7 Å². The summed E-state index contributed by atoms with van der Waals surface area (Å²) in [5.41, 5.74) is 3.73. The molecule has 2 aromatic carbocycles. The molecule has 0 N–H and O–H groups in total. The second-order valence-corrected chi connectivity index (χ2v) is 9.74. The molecule has 0 spiro atoms. The zero-order valence-electron chi connectivity index (χ0n) is 19.9. The van der Waals surface area contributed by atoms with Crippen LogP contribution >= 0.6 is 0 Å². The average Bonchev–Trinajstić information content (AvgIpc) is 3.05. The molecule has 1 fully saturated rings. The van der Waals surface area contributed by atoms with Gasteiger partial charge in [0.2, 0.25) is 0 Å². The second-order valence-electron chi connectivity index (χ2n) is 9.74. The molecule has 1 aliphatic rings. The molecule has 6 heteroatoms. The number of hydrogen-bond acceptors (Lipinski definition) is 4. The Bertz CT molecular complexity index is 1170. The Labute approximate surface area is 195 Å². The van der Waals surface area contributed by atoms with Crippen molar-refractivity contribution in [1.29, 1.82) is 0 Å². The lowest BCUT2D eigenvalue weighted by atomic mass is 9.86. The van der Waals surface area contributed by atoms with Crippen molar-refractivity contribution in [3.05, 3.63) is 87.7 Å². The van der Waals surface area contributed by atoms with Crippen LogP contribution in [0.4, 0.5) is 5.82 Å². The predicted molar refractivity (Wildman–Crippen MR) is 132 cm³/mol. The Morgan fingerprint density at radius 3 is 2.21 bits per heavy atom. The zero-order chi connectivity index (χ0) is 23.6. The van der Waals surface area contributed by atoms with Gasteiger partial charge in [-0.3, -0.25) is 9.59 Å². The van der Waals surface area contributed by atoms with Crippen LogP contribution in [-0.4, -0.2) is 46.8 Å². The normalized spacial score (nSPS) is 14.8. The molecule has 0 saturated carbocycles. The molecule has 0 bridgehead atoms. The summed E-state index contributed by atoms with van der Waals surface area (Å²) in [4.78, 5) is 29.6. The molecule has 0 radical (unpaired) electrons. The van der Waals surface area contributed by atoms with E-state index in [9.17, 15) is 9.59 Å². The lowest BCUT2D eigenvalue weighted by Crippen LogP contribution is -2.36. The van der Waals surface area contributed by atoms with E-state index in [0.29, 0.717) is 19.6 Å². The first-order valence-corrected chi connectivity index (χ1v) is 11.5. The van der Waals surface area contributed by atoms with Gasteiger partial charge in [0.05, 0.1) is 5.69 Å². The van der Waals surface area contributed by atoms with Crippen LogP contribution in [0, 0.1) is 6.92 Å². The highest BCUT2D eigenvalue weighted by molar-refractivity contribution is 5.94. The molecule has 3 aromatic rings. The third kappa shape index (κ3) is 5.16. The molecule has 0 atom stereocenters. The topological polar surface area (TPSA) is 58.4 Å². The van der Waals surface area contributed by atoms with Gasteiger partial charge >= 0.3 is 0 Å². The van der Waals surface area contributed by atoms with Gasteiger partial charge in [0.1, 0.15) is 5.82 Å². The molecule has 0 unspecified atom stereocenters. The lowest BCUT2D eigenvalue weighted by Gasteiger charge is -2.24. The van der Waals surface area contributed by atoms with Gasteiger partial charge < -0.3 is 9.80 Å². The van der Waals surface area contributed by atoms with Gasteiger partial charge in [0, 0.05) is 37.8 Å².